The molecule has 3 aromatic carbocycles. The second-order valence-electron chi connectivity index (χ2n) is 9.38. The van der Waals surface area contributed by atoms with Crippen molar-refractivity contribution in [3.05, 3.63) is 95.6 Å². The van der Waals surface area contributed by atoms with E-state index in [-0.39, 0.29) is 24.5 Å². The molecule has 1 aliphatic heterocycles. The van der Waals surface area contributed by atoms with Crippen molar-refractivity contribution in [1.82, 2.24) is 25.2 Å². The third-order valence-corrected chi connectivity index (χ3v) is 6.80. The second kappa shape index (κ2) is 11.3. The molecule has 2 heterocycles. The maximum absolute atomic E-state index is 13.9. The Kier molecular flexibility index (Phi) is 7.56. The molecule has 8 nitrogen and oxygen atoms in total. The molecule has 5 rings (SSSR count). The zero-order valence-electron chi connectivity index (χ0n) is 20.9. The van der Waals surface area contributed by atoms with Crippen LogP contribution in [-0.4, -0.2) is 51.0 Å². The Bertz CT molecular complexity index is 1360. The van der Waals surface area contributed by atoms with E-state index in [4.69, 9.17) is 4.74 Å². The molecule has 1 N–H and O–H groups in total. The molecule has 0 aliphatic carbocycles. The van der Waals surface area contributed by atoms with Gasteiger partial charge in [0.1, 0.15) is 18.1 Å². The van der Waals surface area contributed by atoms with Gasteiger partial charge < -0.3 is 15.0 Å². The van der Waals surface area contributed by atoms with Crippen LogP contribution in [0.3, 0.4) is 0 Å². The maximum atomic E-state index is 13.9. The minimum absolute atomic E-state index is 0.0262. The summed E-state index contributed by atoms with van der Waals surface area (Å²) in [6.07, 6.45) is 1.67. The monoisotopic (exact) mass is 497 g/mol. The first-order valence-electron chi connectivity index (χ1n) is 12.7. The Morgan fingerprint density at radius 1 is 1.05 bits per heavy atom. The summed E-state index contributed by atoms with van der Waals surface area (Å²) in [6.45, 7) is 3.30. The van der Waals surface area contributed by atoms with Crippen molar-refractivity contribution in [3.63, 3.8) is 0 Å². The highest BCUT2D eigenvalue weighted by Gasteiger charge is 2.35. The Labute approximate surface area is 216 Å². The standard InChI is InChI=1S/C29H31N5O3/c1-21-10-5-6-14-24(21)28(29(36)30-18-22-11-3-2-4-12-22)33(19-23-13-9-17-37-23)27(35)20-34-26-16-8-7-15-25(26)31-32-34/h2-8,10-12,14-16,23,28H,9,13,17-20H2,1H3,(H,30,36)/t23-,28+/m1/s1. The van der Waals surface area contributed by atoms with Crippen LogP contribution in [0.1, 0.15) is 35.6 Å². The molecule has 0 unspecified atom stereocenters. The first kappa shape index (κ1) is 24.6. The molecule has 1 fully saturated rings. The minimum atomic E-state index is -0.809. The Morgan fingerprint density at radius 3 is 2.59 bits per heavy atom. The summed E-state index contributed by atoms with van der Waals surface area (Å²) in [7, 11) is 0. The van der Waals surface area contributed by atoms with Crippen LogP contribution >= 0.6 is 0 Å². The molecule has 190 valence electrons. The van der Waals surface area contributed by atoms with E-state index in [0.717, 1.165) is 40.6 Å². The average molecular weight is 498 g/mol. The first-order valence-corrected chi connectivity index (χ1v) is 12.7. The average Bonchev–Trinajstić information content (AvgIpc) is 3.59. The van der Waals surface area contributed by atoms with Gasteiger partial charge >= 0.3 is 0 Å². The van der Waals surface area contributed by atoms with Crippen LogP contribution in [0.5, 0.6) is 0 Å². The Hall–Kier alpha value is -4.04. The van der Waals surface area contributed by atoms with Crippen LogP contribution in [0.2, 0.25) is 0 Å². The fraction of sp³-hybridized carbons (Fsp3) is 0.310. The predicted molar refractivity (Wildman–Crippen MR) is 140 cm³/mol. The quantitative estimate of drug-likeness (QED) is 0.380. The highest BCUT2D eigenvalue weighted by Crippen LogP contribution is 2.27. The van der Waals surface area contributed by atoms with Crippen molar-refractivity contribution in [2.45, 2.75) is 45.0 Å². The number of fused-ring (bicyclic) bond motifs is 1. The Morgan fingerprint density at radius 2 is 1.81 bits per heavy atom. The third-order valence-electron chi connectivity index (χ3n) is 6.80. The lowest BCUT2D eigenvalue weighted by atomic mass is 9.98. The number of ether oxygens (including phenoxy) is 1. The number of para-hydroxylation sites is 1. The second-order valence-corrected chi connectivity index (χ2v) is 9.38. The SMILES string of the molecule is Cc1ccccc1[C@@H](C(=O)NCc1ccccc1)N(C[C@H]1CCCO1)C(=O)Cn1nnc2ccccc21. The van der Waals surface area contributed by atoms with E-state index in [2.05, 4.69) is 15.6 Å². The van der Waals surface area contributed by atoms with Crippen LogP contribution in [0.4, 0.5) is 0 Å². The number of aromatic nitrogens is 3. The summed E-state index contributed by atoms with van der Waals surface area (Å²) in [5.74, 6) is -0.442. The normalized spacial score (nSPS) is 16.0. The van der Waals surface area contributed by atoms with Crippen molar-refractivity contribution < 1.29 is 14.3 Å². The molecular weight excluding hydrogens is 466 g/mol. The number of nitrogens with one attached hydrogen (secondary N) is 1. The molecule has 2 amide bonds. The van der Waals surface area contributed by atoms with Crippen LogP contribution in [-0.2, 0) is 27.4 Å². The number of carbonyl (C=O) groups is 2. The van der Waals surface area contributed by atoms with Gasteiger partial charge in [0.25, 0.3) is 0 Å². The van der Waals surface area contributed by atoms with E-state index in [1.807, 2.05) is 85.8 Å². The van der Waals surface area contributed by atoms with Crippen molar-refractivity contribution in [2.24, 2.45) is 0 Å². The van der Waals surface area contributed by atoms with Gasteiger partial charge in [-0.05, 0) is 48.6 Å². The van der Waals surface area contributed by atoms with Gasteiger partial charge in [0.2, 0.25) is 11.8 Å². The van der Waals surface area contributed by atoms with Gasteiger partial charge in [-0.15, -0.1) is 5.10 Å². The van der Waals surface area contributed by atoms with Crippen LogP contribution in [0.15, 0.2) is 78.9 Å². The zero-order chi connectivity index (χ0) is 25.6. The molecule has 8 heteroatoms. The van der Waals surface area contributed by atoms with Gasteiger partial charge in [0.05, 0.1) is 11.6 Å². The molecule has 1 saturated heterocycles. The summed E-state index contributed by atoms with van der Waals surface area (Å²) in [5, 5.41) is 11.5. The number of aryl methyl sites for hydroxylation is 1. The smallest absolute Gasteiger partial charge is 0.247 e. The number of hydrogen-bond donors (Lipinski definition) is 1. The van der Waals surface area contributed by atoms with E-state index < -0.39 is 6.04 Å². The molecule has 1 aromatic heterocycles. The van der Waals surface area contributed by atoms with E-state index >= 15 is 0 Å². The first-order chi connectivity index (χ1) is 18.1. The molecule has 1 aliphatic rings. The third kappa shape index (κ3) is 5.70. The zero-order valence-corrected chi connectivity index (χ0v) is 20.9. The van der Waals surface area contributed by atoms with E-state index in [1.54, 1.807) is 9.58 Å². The van der Waals surface area contributed by atoms with Crippen molar-refractivity contribution in [2.75, 3.05) is 13.2 Å². The summed E-state index contributed by atoms with van der Waals surface area (Å²) < 4.78 is 7.50. The largest absolute Gasteiger partial charge is 0.376 e. The summed E-state index contributed by atoms with van der Waals surface area (Å²) >= 11 is 0. The fourth-order valence-corrected chi connectivity index (χ4v) is 4.84. The summed E-state index contributed by atoms with van der Waals surface area (Å²) in [5.41, 5.74) is 4.22. The summed E-state index contributed by atoms with van der Waals surface area (Å²) in [4.78, 5) is 29.4. The fourth-order valence-electron chi connectivity index (χ4n) is 4.84. The van der Waals surface area contributed by atoms with E-state index in [1.165, 1.54) is 0 Å². The van der Waals surface area contributed by atoms with Gasteiger partial charge in [0.15, 0.2) is 0 Å². The molecular formula is C29H31N5O3. The minimum Gasteiger partial charge on any atom is -0.376 e. The van der Waals surface area contributed by atoms with E-state index in [0.29, 0.717) is 19.7 Å². The number of rotatable bonds is 9. The van der Waals surface area contributed by atoms with E-state index in [9.17, 15) is 9.59 Å². The molecule has 2 atom stereocenters. The number of nitrogens with zero attached hydrogens (tertiary/aromatic N) is 4. The topological polar surface area (TPSA) is 89.4 Å². The maximum Gasteiger partial charge on any atom is 0.247 e. The summed E-state index contributed by atoms with van der Waals surface area (Å²) in [6, 6.07) is 24.2. The van der Waals surface area contributed by atoms with Gasteiger partial charge in [-0.25, -0.2) is 4.68 Å². The number of benzene rings is 3. The Balaban J connectivity index is 1.48. The molecule has 37 heavy (non-hydrogen) atoms. The molecule has 0 bridgehead atoms. The molecule has 0 radical (unpaired) electrons. The predicted octanol–water partition coefficient (Wildman–Crippen LogP) is 3.81. The number of hydrogen-bond acceptors (Lipinski definition) is 5. The number of amides is 2. The van der Waals surface area contributed by atoms with Gasteiger partial charge in [-0.3, -0.25) is 9.59 Å². The van der Waals surface area contributed by atoms with Crippen LogP contribution in [0, 0.1) is 6.92 Å². The van der Waals surface area contributed by atoms with Crippen LogP contribution < -0.4 is 5.32 Å². The van der Waals surface area contributed by atoms with Crippen molar-refractivity contribution >= 4 is 22.8 Å². The van der Waals surface area contributed by atoms with Gasteiger partial charge in [-0.2, -0.15) is 0 Å². The number of carbonyl (C=O) groups excluding carboxylic acids is 2. The molecule has 4 aromatic rings. The lowest BCUT2D eigenvalue weighted by Crippen LogP contribution is -2.48. The van der Waals surface area contributed by atoms with Crippen LogP contribution in [0.25, 0.3) is 11.0 Å². The van der Waals surface area contributed by atoms with Gasteiger partial charge in [-0.1, -0.05) is 71.9 Å². The van der Waals surface area contributed by atoms with Crippen molar-refractivity contribution in [3.8, 4) is 0 Å². The molecule has 0 saturated carbocycles. The highest BCUT2D eigenvalue weighted by molar-refractivity contribution is 5.89. The highest BCUT2D eigenvalue weighted by atomic mass is 16.5. The lowest BCUT2D eigenvalue weighted by Gasteiger charge is -2.34. The van der Waals surface area contributed by atoms with Crippen molar-refractivity contribution in [1.29, 1.82) is 0 Å². The lowest BCUT2D eigenvalue weighted by molar-refractivity contribution is -0.143. The molecule has 0 spiro atoms. The van der Waals surface area contributed by atoms with Gasteiger partial charge in [0, 0.05) is 19.7 Å².